The molecule has 0 radical (unpaired) electrons. The van der Waals surface area contributed by atoms with Crippen molar-refractivity contribution in [3.8, 4) is 6.07 Å². The number of pyridine rings is 1. The largest absolute Gasteiger partial charge is 0.303 e. The Labute approximate surface area is 101 Å². The van der Waals surface area contributed by atoms with Crippen LogP contribution in [0.3, 0.4) is 0 Å². The maximum absolute atomic E-state index is 10.8. The Kier molecular flexibility index (Phi) is 3.84. The van der Waals surface area contributed by atoms with Gasteiger partial charge in [0.2, 0.25) is 0 Å². The molecule has 0 saturated carbocycles. The number of aromatic nitrogens is 1. The van der Waals surface area contributed by atoms with Crippen molar-refractivity contribution in [3.05, 3.63) is 29.6 Å². The number of piperidine rings is 1. The third kappa shape index (κ3) is 2.89. The van der Waals surface area contributed by atoms with Crippen molar-refractivity contribution < 1.29 is 4.79 Å². The summed E-state index contributed by atoms with van der Waals surface area (Å²) in [6.07, 6.45) is 4.71. The number of nitrogens with zero attached hydrogens (tertiary/aromatic N) is 3. The number of aldehydes is 1. The van der Waals surface area contributed by atoms with Gasteiger partial charge in [-0.15, -0.1) is 0 Å². The summed E-state index contributed by atoms with van der Waals surface area (Å²) in [6.45, 7) is 2.49. The molecule has 1 fully saturated rings. The van der Waals surface area contributed by atoms with Crippen molar-refractivity contribution in [2.75, 3.05) is 13.1 Å². The number of nitriles is 1. The van der Waals surface area contributed by atoms with E-state index < -0.39 is 0 Å². The first-order valence-electron chi connectivity index (χ1n) is 5.85. The highest BCUT2D eigenvalue weighted by molar-refractivity contribution is 5.54. The molecule has 88 valence electrons. The van der Waals surface area contributed by atoms with E-state index in [1.54, 1.807) is 6.20 Å². The highest BCUT2D eigenvalue weighted by atomic mass is 16.1. The van der Waals surface area contributed by atoms with Gasteiger partial charge in [0.1, 0.15) is 18.0 Å². The van der Waals surface area contributed by atoms with E-state index >= 15 is 0 Å². The van der Waals surface area contributed by atoms with Crippen LogP contribution in [0.5, 0.6) is 0 Å². The molecule has 0 aromatic carbocycles. The van der Waals surface area contributed by atoms with E-state index in [0.29, 0.717) is 12.2 Å². The summed E-state index contributed by atoms with van der Waals surface area (Å²) in [5, 5.41) is 8.96. The second-order valence-electron chi connectivity index (χ2n) is 4.40. The second-order valence-corrected chi connectivity index (χ2v) is 4.40. The molecule has 1 aliphatic rings. The van der Waals surface area contributed by atoms with Crippen LogP contribution in [0.4, 0.5) is 0 Å². The maximum atomic E-state index is 10.8. The van der Waals surface area contributed by atoms with E-state index in [9.17, 15) is 4.79 Å². The lowest BCUT2D eigenvalue weighted by Gasteiger charge is -2.30. The van der Waals surface area contributed by atoms with Crippen molar-refractivity contribution in [2.24, 2.45) is 5.92 Å². The molecule has 1 aromatic heterocycles. The highest BCUT2D eigenvalue weighted by Gasteiger charge is 2.20. The Balaban J connectivity index is 2.05. The molecule has 4 nitrogen and oxygen atoms in total. The highest BCUT2D eigenvalue weighted by Crippen LogP contribution is 2.17. The van der Waals surface area contributed by atoms with E-state index in [0.717, 1.165) is 37.8 Å². The van der Waals surface area contributed by atoms with Gasteiger partial charge in [0.15, 0.2) is 0 Å². The fraction of sp³-hybridized carbons (Fsp3) is 0.462. The molecule has 2 rings (SSSR count). The van der Waals surface area contributed by atoms with Crippen molar-refractivity contribution in [3.63, 3.8) is 0 Å². The van der Waals surface area contributed by atoms with Gasteiger partial charge in [-0.25, -0.2) is 4.98 Å². The Morgan fingerprint density at radius 1 is 1.65 bits per heavy atom. The van der Waals surface area contributed by atoms with Crippen LogP contribution in [0, 0.1) is 17.2 Å². The smallest absolute Gasteiger partial charge is 0.144 e. The van der Waals surface area contributed by atoms with Gasteiger partial charge in [-0.3, -0.25) is 4.90 Å². The lowest BCUT2D eigenvalue weighted by Crippen LogP contribution is -2.35. The third-order valence-corrected chi connectivity index (χ3v) is 3.13. The number of likely N-dealkylation sites (tertiary alicyclic amines) is 1. The Bertz CT molecular complexity index is 439. The van der Waals surface area contributed by atoms with Gasteiger partial charge >= 0.3 is 0 Å². The van der Waals surface area contributed by atoms with E-state index in [4.69, 9.17) is 5.26 Å². The van der Waals surface area contributed by atoms with Gasteiger partial charge in [-0.1, -0.05) is 6.07 Å². The maximum Gasteiger partial charge on any atom is 0.144 e. The van der Waals surface area contributed by atoms with E-state index in [2.05, 4.69) is 16.0 Å². The number of hydrogen-bond donors (Lipinski definition) is 0. The van der Waals surface area contributed by atoms with E-state index in [1.165, 1.54) is 0 Å². The van der Waals surface area contributed by atoms with Crippen molar-refractivity contribution in [2.45, 2.75) is 19.4 Å². The third-order valence-electron chi connectivity index (χ3n) is 3.13. The first kappa shape index (κ1) is 11.7. The standard InChI is InChI=1S/C13H15N3O/c14-7-13-12(4-1-5-15-13)9-16-6-2-3-11(8-16)10-17/h1,4-5,10-11H,2-3,6,8-9H2. The van der Waals surface area contributed by atoms with Crippen LogP contribution < -0.4 is 0 Å². The molecule has 1 atom stereocenters. The molecule has 2 heterocycles. The van der Waals surface area contributed by atoms with Crippen molar-refractivity contribution in [1.82, 2.24) is 9.88 Å². The van der Waals surface area contributed by atoms with E-state index in [1.807, 2.05) is 12.1 Å². The monoisotopic (exact) mass is 229 g/mol. The number of rotatable bonds is 3. The minimum Gasteiger partial charge on any atom is -0.303 e. The van der Waals surface area contributed by atoms with Gasteiger partial charge in [-0.2, -0.15) is 5.26 Å². The molecule has 0 amide bonds. The predicted octanol–water partition coefficient (Wildman–Crippen LogP) is 1.36. The van der Waals surface area contributed by atoms with Crippen LogP contribution in [-0.2, 0) is 11.3 Å². The Morgan fingerprint density at radius 2 is 2.53 bits per heavy atom. The summed E-state index contributed by atoms with van der Waals surface area (Å²) in [5.41, 5.74) is 1.43. The lowest BCUT2D eigenvalue weighted by molar-refractivity contribution is -0.112. The normalized spacial score (nSPS) is 20.8. The summed E-state index contributed by atoms with van der Waals surface area (Å²) in [5.74, 6) is 0.144. The molecular weight excluding hydrogens is 214 g/mol. The fourth-order valence-corrected chi connectivity index (χ4v) is 2.25. The minimum absolute atomic E-state index is 0.144. The Hall–Kier alpha value is -1.73. The van der Waals surface area contributed by atoms with Gasteiger partial charge in [0.05, 0.1) is 0 Å². The average molecular weight is 229 g/mol. The lowest BCUT2D eigenvalue weighted by atomic mass is 9.99. The molecule has 1 saturated heterocycles. The summed E-state index contributed by atoms with van der Waals surface area (Å²) in [4.78, 5) is 17.1. The van der Waals surface area contributed by atoms with E-state index in [-0.39, 0.29) is 5.92 Å². The zero-order chi connectivity index (χ0) is 12.1. The molecule has 0 aliphatic carbocycles. The topological polar surface area (TPSA) is 57.0 Å². The zero-order valence-electron chi connectivity index (χ0n) is 9.67. The van der Waals surface area contributed by atoms with Crippen LogP contribution in [0.2, 0.25) is 0 Å². The Morgan fingerprint density at radius 3 is 3.29 bits per heavy atom. The number of carbonyl (C=O) groups is 1. The number of hydrogen-bond acceptors (Lipinski definition) is 4. The SMILES string of the molecule is N#Cc1ncccc1CN1CCCC(C=O)C1. The molecule has 0 N–H and O–H groups in total. The number of carbonyl (C=O) groups excluding carboxylic acids is 1. The summed E-state index contributed by atoms with van der Waals surface area (Å²) < 4.78 is 0. The molecule has 4 heteroatoms. The van der Waals surface area contributed by atoms with Crippen molar-refractivity contribution >= 4 is 6.29 Å². The molecular formula is C13H15N3O. The van der Waals surface area contributed by atoms with Crippen LogP contribution in [0.15, 0.2) is 18.3 Å². The van der Waals surface area contributed by atoms with Gasteiger partial charge in [0.25, 0.3) is 0 Å². The molecule has 0 bridgehead atoms. The first-order chi connectivity index (χ1) is 8.33. The zero-order valence-corrected chi connectivity index (χ0v) is 9.67. The minimum atomic E-state index is 0.144. The van der Waals surface area contributed by atoms with Gasteiger partial charge < -0.3 is 4.79 Å². The molecule has 1 unspecified atom stereocenters. The summed E-state index contributed by atoms with van der Waals surface area (Å²) >= 11 is 0. The van der Waals surface area contributed by atoms with Gasteiger partial charge in [0, 0.05) is 30.8 Å². The van der Waals surface area contributed by atoms with Gasteiger partial charge in [-0.05, 0) is 25.5 Å². The van der Waals surface area contributed by atoms with Crippen LogP contribution in [0.25, 0.3) is 0 Å². The van der Waals surface area contributed by atoms with Crippen LogP contribution in [-0.4, -0.2) is 29.3 Å². The summed E-state index contributed by atoms with van der Waals surface area (Å²) in [6, 6.07) is 5.87. The summed E-state index contributed by atoms with van der Waals surface area (Å²) in [7, 11) is 0. The fourth-order valence-electron chi connectivity index (χ4n) is 2.25. The molecule has 1 aromatic rings. The molecule has 17 heavy (non-hydrogen) atoms. The first-order valence-corrected chi connectivity index (χ1v) is 5.85. The average Bonchev–Trinajstić information content (AvgIpc) is 2.39. The second kappa shape index (κ2) is 5.55. The van der Waals surface area contributed by atoms with Crippen LogP contribution in [0.1, 0.15) is 24.1 Å². The quantitative estimate of drug-likeness (QED) is 0.734. The molecule has 0 spiro atoms. The predicted molar refractivity (Wildman–Crippen MR) is 63.0 cm³/mol. The van der Waals surface area contributed by atoms with Crippen LogP contribution >= 0.6 is 0 Å². The van der Waals surface area contributed by atoms with Crippen molar-refractivity contribution in [1.29, 1.82) is 5.26 Å². The molecule has 1 aliphatic heterocycles.